The van der Waals surface area contributed by atoms with Crippen molar-refractivity contribution >= 4 is 23.1 Å². The molecule has 39 heavy (non-hydrogen) atoms. The molecule has 0 radical (unpaired) electrons. The van der Waals surface area contributed by atoms with Gasteiger partial charge in [-0.2, -0.15) is 0 Å². The fourth-order valence-electron chi connectivity index (χ4n) is 4.99. The van der Waals surface area contributed by atoms with E-state index in [1.165, 1.54) is 0 Å². The minimum Gasteiger partial charge on any atom is -0.505 e. The number of fused-ring (bicyclic) bond motifs is 1. The Kier molecular flexibility index (Phi) is 8.60. The van der Waals surface area contributed by atoms with Crippen molar-refractivity contribution in [3.63, 3.8) is 0 Å². The number of likely N-dealkylation sites (tertiary alicyclic amines) is 1. The SMILES string of the molecule is CCCCOc1ccc(C2C(=C(O)c3nc4c(C)cccn4c3C)C(=O)C(=O)N2CCCN(C)C)cc1OC. The van der Waals surface area contributed by atoms with Crippen LogP contribution in [0.25, 0.3) is 11.4 Å². The van der Waals surface area contributed by atoms with Crippen LogP contribution in [0.15, 0.2) is 42.1 Å². The lowest BCUT2D eigenvalue weighted by atomic mass is 9.96. The summed E-state index contributed by atoms with van der Waals surface area (Å²) >= 11 is 0. The average molecular weight is 535 g/mol. The van der Waals surface area contributed by atoms with Gasteiger partial charge >= 0.3 is 0 Å². The number of nitrogens with zero attached hydrogens (tertiary/aromatic N) is 4. The molecule has 3 aromatic rings. The number of methoxy groups -OCH3 is 1. The topological polar surface area (TPSA) is 96.6 Å². The zero-order chi connectivity index (χ0) is 28.3. The van der Waals surface area contributed by atoms with E-state index >= 15 is 0 Å². The molecule has 0 bridgehead atoms. The van der Waals surface area contributed by atoms with Gasteiger partial charge in [-0.05, 0) is 76.7 Å². The average Bonchev–Trinajstić information content (AvgIpc) is 3.38. The number of carbonyl (C=O) groups is 2. The molecule has 0 aliphatic carbocycles. The highest BCUT2D eigenvalue weighted by Gasteiger charge is 2.46. The van der Waals surface area contributed by atoms with E-state index in [9.17, 15) is 14.7 Å². The summed E-state index contributed by atoms with van der Waals surface area (Å²) in [7, 11) is 5.48. The van der Waals surface area contributed by atoms with Crippen LogP contribution in [-0.4, -0.2) is 76.9 Å². The molecular weight excluding hydrogens is 496 g/mol. The molecule has 1 aliphatic heterocycles. The Bertz CT molecular complexity index is 1410. The van der Waals surface area contributed by atoms with Crippen molar-refractivity contribution in [1.82, 2.24) is 19.2 Å². The van der Waals surface area contributed by atoms with Gasteiger partial charge in [0, 0.05) is 12.7 Å². The van der Waals surface area contributed by atoms with Crippen LogP contribution in [0.2, 0.25) is 0 Å². The van der Waals surface area contributed by atoms with E-state index in [0.29, 0.717) is 48.0 Å². The first-order chi connectivity index (χ1) is 18.7. The number of pyridine rings is 1. The maximum absolute atomic E-state index is 13.5. The highest BCUT2D eigenvalue weighted by Crippen LogP contribution is 2.42. The number of imidazole rings is 1. The Morgan fingerprint density at radius 2 is 1.90 bits per heavy atom. The van der Waals surface area contributed by atoms with Crippen LogP contribution in [0.5, 0.6) is 11.5 Å². The molecule has 1 aliphatic rings. The summed E-state index contributed by atoms with van der Waals surface area (Å²) in [6.07, 6.45) is 4.44. The maximum atomic E-state index is 13.5. The molecular formula is C30H38N4O5. The second-order valence-corrected chi connectivity index (χ2v) is 10.2. The smallest absolute Gasteiger partial charge is 0.295 e. The standard InChI is InChI=1S/C30H38N4O5/c1-7-8-17-39-22-13-12-21(18-23(22)38-6)26-24(28(36)30(37)34(26)16-10-14-32(4)5)27(35)25-20(3)33-15-9-11-19(2)29(33)31-25/h9,11-13,15,18,26,35H,7-8,10,14,16-17H2,1-6H3. The van der Waals surface area contributed by atoms with Crippen LogP contribution >= 0.6 is 0 Å². The van der Waals surface area contributed by atoms with Gasteiger partial charge in [-0.3, -0.25) is 9.59 Å². The second kappa shape index (κ2) is 11.9. The number of aryl methyl sites for hydroxylation is 2. The van der Waals surface area contributed by atoms with Crippen LogP contribution in [0.4, 0.5) is 0 Å². The number of hydrogen-bond donors (Lipinski definition) is 1. The maximum Gasteiger partial charge on any atom is 0.295 e. The van der Waals surface area contributed by atoms with Gasteiger partial charge in [0.2, 0.25) is 0 Å². The van der Waals surface area contributed by atoms with Gasteiger partial charge in [0.25, 0.3) is 11.7 Å². The molecule has 3 heterocycles. The van der Waals surface area contributed by atoms with E-state index < -0.39 is 17.7 Å². The summed E-state index contributed by atoms with van der Waals surface area (Å²) in [6, 6.07) is 8.45. The van der Waals surface area contributed by atoms with Crippen LogP contribution in [-0.2, 0) is 9.59 Å². The fraction of sp³-hybridized carbons (Fsp3) is 0.433. The van der Waals surface area contributed by atoms with E-state index in [-0.39, 0.29) is 17.0 Å². The van der Waals surface area contributed by atoms with Gasteiger partial charge in [0.1, 0.15) is 11.3 Å². The van der Waals surface area contributed by atoms with Crippen molar-refractivity contribution < 1.29 is 24.2 Å². The number of aromatic nitrogens is 2. The summed E-state index contributed by atoms with van der Waals surface area (Å²) in [4.78, 5) is 35.1. The van der Waals surface area contributed by atoms with E-state index in [1.54, 1.807) is 24.1 Å². The van der Waals surface area contributed by atoms with Crippen molar-refractivity contribution in [2.45, 2.75) is 46.1 Å². The molecule has 4 rings (SSSR count). The third-order valence-corrected chi connectivity index (χ3v) is 7.11. The number of Topliss-reactive ketones (excluding diaryl/α,β-unsaturated/α-hetero) is 1. The van der Waals surface area contributed by atoms with Gasteiger partial charge in [-0.25, -0.2) is 4.98 Å². The predicted molar refractivity (Wildman–Crippen MR) is 150 cm³/mol. The van der Waals surface area contributed by atoms with Gasteiger partial charge in [0.15, 0.2) is 17.3 Å². The lowest BCUT2D eigenvalue weighted by Gasteiger charge is -2.26. The van der Waals surface area contributed by atoms with Gasteiger partial charge in [-0.15, -0.1) is 0 Å². The molecule has 1 N–H and O–H groups in total. The first-order valence-corrected chi connectivity index (χ1v) is 13.4. The van der Waals surface area contributed by atoms with Crippen molar-refractivity contribution in [3.05, 3.63) is 64.6 Å². The summed E-state index contributed by atoms with van der Waals surface area (Å²) in [5, 5.41) is 11.6. The second-order valence-electron chi connectivity index (χ2n) is 10.2. The van der Waals surface area contributed by atoms with Crippen molar-refractivity contribution in [2.24, 2.45) is 0 Å². The minimum absolute atomic E-state index is 0.0238. The Morgan fingerprint density at radius 1 is 1.13 bits per heavy atom. The highest BCUT2D eigenvalue weighted by atomic mass is 16.5. The third kappa shape index (κ3) is 5.49. The summed E-state index contributed by atoms with van der Waals surface area (Å²) in [5.74, 6) is -0.554. The number of rotatable bonds is 11. The Labute approximate surface area is 229 Å². The number of ketones is 1. The van der Waals surface area contributed by atoms with Crippen LogP contribution < -0.4 is 9.47 Å². The molecule has 1 atom stereocenters. The lowest BCUT2D eigenvalue weighted by Crippen LogP contribution is -2.32. The summed E-state index contributed by atoms with van der Waals surface area (Å²) in [6.45, 7) is 7.52. The Morgan fingerprint density at radius 3 is 2.56 bits per heavy atom. The number of ether oxygens (including phenoxy) is 2. The highest BCUT2D eigenvalue weighted by molar-refractivity contribution is 6.46. The number of unbranched alkanes of at least 4 members (excludes halogenated alkanes) is 1. The van der Waals surface area contributed by atoms with Crippen molar-refractivity contribution in [1.29, 1.82) is 0 Å². The van der Waals surface area contributed by atoms with Gasteiger partial charge in [0.05, 0.1) is 31.0 Å². The molecule has 1 saturated heterocycles. The zero-order valence-electron chi connectivity index (χ0n) is 23.7. The lowest BCUT2D eigenvalue weighted by molar-refractivity contribution is -0.139. The molecule has 0 spiro atoms. The third-order valence-electron chi connectivity index (χ3n) is 7.11. The number of aliphatic hydroxyl groups is 1. The first-order valence-electron chi connectivity index (χ1n) is 13.4. The molecule has 1 unspecified atom stereocenters. The van der Waals surface area contributed by atoms with E-state index in [2.05, 4.69) is 11.9 Å². The van der Waals surface area contributed by atoms with E-state index in [1.807, 2.05) is 61.6 Å². The molecule has 9 heteroatoms. The van der Waals surface area contributed by atoms with Gasteiger partial charge in [-0.1, -0.05) is 25.5 Å². The normalized spacial score (nSPS) is 17.0. The Hall–Kier alpha value is -3.85. The number of benzene rings is 1. The first kappa shape index (κ1) is 28.2. The molecule has 208 valence electrons. The number of amides is 1. The molecule has 2 aromatic heterocycles. The zero-order valence-corrected chi connectivity index (χ0v) is 23.7. The quantitative estimate of drug-likeness (QED) is 0.167. The Balaban J connectivity index is 1.85. The number of carbonyl (C=O) groups excluding carboxylic acids is 2. The van der Waals surface area contributed by atoms with Gasteiger partial charge < -0.3 is 28.8 Å². The predicted octanol–water partition coefficient (Wildman–Crippen LogP) is 4.51. The molecule has 1 aromatic carbocycles. The monoisotopic (exact) mass is 534 g/mol. The van der Waals surface area contributed by atoms with Crippen LogP contribution in [0, 0.1) is 13.8 Å². The van der Waals surface area contributed by atoms with Crippen LogP contribution in [0.3, 0.4) is 0 Å². The molecule has 1 fully saturated rings. The molecule has 1 amide bonds. The largest absolute Gasteiger partial charge is 0.505 e. The molecule has 0 saturated carbocycles. The fourth-order valence-corrected chi connectivity index (χ4v) is 4.99. The number of aliphatic hydroxyl groups excluding tert-OH is 1. The van der Waals surface area contributed by atoms with Crippen molar-refractivity contribution in [2.75, 3.05) is 40.9 Å². The van der Waals surface area contributed by atoms with E-state index in [4.69, 9.17) is 9.47 Å². The minimum atomic E-state index is -0.795. The summed E-state index contributed by atoms with van der Waals surface area (Å²) in [5.41, 5.74) is 3.26. The van der Waals surface area contributed by atoms with Crippen LogP contribution in [0.1, 0.15) is 54.7 Å². The van der Waals surface area contributed by atoms with Crippen molar-refractivity contribution in [3.8, 4) is 11.5 Å². The summed E-state index contributed by atoms with van der Waals surface area (Å²) < 4.78 is 13.4. The number of hydrogen-bond acceptors (Lipinski definition) is 7. The van der Waals surface area contributed by atoms with E-state index in [0.717, 1.165) is 24.9 Å². The molecule has 9 nitrogen and oxygen atoms in total.